The maximum atomic E-state index is 12.5. The van der Waals surface area contributed by atoms with Crippen molar-refractivity contribution >= 4 is 11.9 Å². The van der Waals surface area contributed by atoms with E-state index in [-0.39, 0.29) is 18.5 Å². The molecular weight excluding hydrogens is 899 g/mol. The van der Waals surface area contributed by atoms with Gasteiger partial charge in [0.15, 0.2) is 0 Å². The molecule has 0 rings (SSSR count). The molecule has 2 atom stereocenters. The molecule has 0 aromatic heterocycles. The summed E-state index contributed by atoms with van der Waals surface area (Å²) in [6.07, 6.45) is 78.0. The number of allylic oxidation sites excluding steroid dienone is 3. The van der Waals surface area contributed by atoms with Crippen LogP contribution in [-0.4, -0.2) is 47.4 Å². The average Bonchev–Trinajstić information content (AvgIpc) is 3.39. The van der Waals surface area contributed by atoms with Crippen LogP contribution in [0.4, 0.5) is 0 Å². The summed E-state index contributed by atoms with van der Waals surface area (Å²) in [6, 6.07) is -0.635. The van der Waals surface area contributed by atoms with Crippen molar-refractivity contribution in [3.05, 3.63) is 24.3 Å². The number of aliphatic hydroxyl groups excluding tert-OH is 2. The molecule has 0 aliphatic carbocycles. The zero-order valence-corrected chi connectivity index (χ0v) is 49.4. The number of nitrogens with one attached hydrogen (secondary N) is 1. The Hall–Kier alpha value is -1.66. The fourth-order valence-corrected chi connectivity index (χ4v) is 10.4. The molecule has 0 radical (unpaired) electrons. The van der Waals surface area contributed by atoms with Crippen molar-refractivity contribution in [3.8, 4) is 0 Å². The normalized spacial score (nSPS) is 12.7. The molecule has 0 spiro atoms. The highest BCUT2D eigenvalue weighted by molar-refractivity contribution is 5.76. The van der Waals surface area contributed by atoms with Gasteiger partial charge in [0.2, 0.25) is 5.91 Å². The molecule has 0 aromatic rings. The Labute approximate surface area is 456 Å². The average molecular weight is 1030 g/mol. The van der Waals surface area contributed by atoms with Gasteiger partial charge in [0.25, 0.3) is 0 Å². The van der Waals surface area contributed by atoms with Crippen LogP contribution in [0.25, 0.3) is 0 Å². The third kappa shape index (κ3) is 59.4. The Balaban J connectivity index is 3.45. The topological polar surface area (TPSA) is 95.9 Å². The summed E-state index contributed by atoms with van der Waals surface area (Å²) in [5.74, 6) is -0.0644. The number of esters is 1. The van der Waals surface area contributed by atoms with Gasteiger partial charge in [-0.25, -0.2) is 0 Å². The van der Waals surface area contributed by atoms with E-state index in [0.717, 1.165) is 44.9 Å². The van der Waals surface area contributed by atoms with Crippen LogP contribution in [0.2, 0.25) is 0 Å². The van der Waals surface area contributed by atoms with Crippen molar-refractivity contribution in [1.82, 2.24) is 5.32 Å². The van der Waals surface area contributed by atoms with E-state index >= 15 is 0 Å². The number of unbranched alkanes of at least 4 members (excludes halogenated alkanes) is 49. The predicted molar refractivity (Wildman–Crippen MR) is 320 cm³/mol. The molecule has 73 heavy (non-hydrogen) atoms. The molecule has 3 N–H and O–H groups in total. The van der Waals surface area contributed by atoms with Gasteiger partial charge in [-0.05, 0) is 57.8 Å². The Morgan fingerprint density at radius 1 is 0.370 bits per heavy atom. The van der Waals surface area contributed by atoms with Crippen molar-refractivity contribution in [2.45, 2.75) is 379 Å². The molecule has 0 aromatic carbocycles. The first-order chi connectivity index (χ1) is 36.0. The number of ether oxygens (including phenoxy) is 1. The first-order valence-corrected chi connectivity index (χ1v) is 33.1. The maximum absolute atomic E-state index is 12.5. The molecule has 6 nitrogen and oxygen atoms in total. The standard InChI is InChI=1S/C67H129NO5/c1-3-5-7-9-11-13-15-17-19-20-21-22-23-26-29-32-35-39-43-47-51-55-59-65(70)64(63-69)68-66(71)60-56-52-48-44-40-36-33-30-27-24-25-28-31-34-38-42-46-50-54-58-62-73-67(72)61-57-53-49-45-41-37-18-16-14-12-10-8-6-4-2/h24,27,55,59,64-65,69-70H,3-23,25-26,28-54,56-58,60-63H2,1-2H3,(H,68,71)/b27-24-,59-55+. The summed E-state index contributed by atoms with van der Waals surface area (Å²) in [5, 5.41) is 23.2. The lowest BCUT2D eigenvalue weighted by atomic mass is 10.0. The van der Waals surface area contributed by atoms with Crippen molar-refractivity contribution in [2.24, 2.45) is 0 Å². The van der Waals surface area contributed by atoms with Crippen LogP contribution in [-0.2, 0) is 14.3 Å². The van der Waals surface area contributed by atoms with Crippen LogP contribution in [0.5, 0.6) is 0 Å². The molecule has 1 amide bonds. The minimum Gasteiger partial charge on any atom is -0.466 e. The quantitative estimate of drug-likeness (QED) is 0.0320. The monoisotopic (exact) mass is 1030 g/mol. The van der Waals surface area contributed by atoms with E-state index in [1.54, 1.807) is 6.08 Å². The van der Waals surface area contributed by atoms with Gasteiger partial charge in [0, 0.05) is 12.8 Å². The first-order valence-electron chi connectivity index (χ1n) is 33.1. The van der Waals surface area contributed by atoms with Gasteiger partial charge in [-0.15, -0.1) is 0 Å². The van der Waals surface area contributed by atoms with Gasteiger partial charge >= 0.3 is 5.97 Å². The van der Waals surface area contributed by atoms with E-state index in [0.29, 0.717) is 19.4 Å². The third-order valence-corrected chi connectivity index (χ3v) is 15.5. The van der Waals surface area contributed by atoms with Crippen LogP contribution >= 0.6 is 0 Å². The van der Waals surface area contributed by atoms with Gasteiger partial charge in [0.1, 0.15) is 0 Å². The molecule has 0 bridgehead atoms. The number of rotatable bonds is 62. The molecule has 0 fully saturated rings. The lowest BCUT2D eigenvalue weighted by molar-refractivity contribution is -0.143. The smallest absolute Gasteiger partial charge is 0.305 e. The summed E-state index contributed by atoms with van der Waals surface area (Å²) < 4.78 is 5.48. The second-order valence-corrected chi connectivity index (χ2v) is 22.8. The fourth-order valence-electron chi connectivity index (χ4n) is 10.4. The predicted octanol–water partition coefficient (Wildman–Crippen LogP) is 21.0. The van der Waals surface area contributed by atoms with Gasteiger partial charge in [0.05, 0.1) is 25.4 Å². The lowest BCUT2D eigenvalue weighted by Crippen LogP contribution is -2.45. The summed E-state index contributed by atoms with van der Waals surface area (Å²) in [5.41, 5.74) is 0. The van der Waals surface area contributed by atoms with Gasteiger partial charge < -0.3 is 20.3 Å². The SMILES string of the molecule is CCCCCCCCCCCCCCCCCCCCCC/C=C/C(O)C(CO)NC(=O)CCCCCCCCC/C=C\CCCCCCCCCCCOC(=O)CCCCCCCCCCCCCCCC. The van der Waals surface area contributed by atoms with Crippen molar-refractivity contribution in [1.29, 1.82) is 0 Å². The van der Waals surface area contributed by atoms with Gasteiger partial charge in [-0.2, -0.15) is 0 Å². The highest BCUT2D eigenvalue weighted by Crippen LogP contribution is 2.18. The molecule has 0 saturated heterocycles. The second-order valence-electron chi connectivity index (χ2n) is 22.8. The maximum Gasteiger partial charge on any atom is 0.305 e. The van der Waals surface area contributed by atoms with Gasteiger partial charge in [-0.1, -0.05) is 321 Å². The molecule has 0 heterocycles. The fraction of sp³-hybridized carbons (Fsp3) is 0.910. The minimum absolute atomic E-state index is 0.00849. The molecular formula is C67H129NO5. The van der Waals surface area contributed by atoms with E-state index < -0.39 is 12.1 Å². The summed E-state index contributed by atoms with van der Waals surface area (Å²) in [7, 11) is 0. The number of hydrogen-bond donors (Lipinski definition) is 3. The largest absolute Gasteiger partial charge is 0.466 e. The lowest BCUT2D eigenvalue weighted by Gasteiger charge is -2.20. The minimum atomic E-state index is -0.851. The number of carbonyl (C=O) groups is 2. The van der Waals surface area contributed by atoms with Gasteiger partial charge in [-0.3, -0.25) is 9.59 Å². The summed E-state index contributed by atoms with van der Waals surface area (Å²) in [6.45, 7) is 4.93. The Kier molecular flexibility index (Phi) is 61.4. The van der Waals surface area contributed by atoms with Crippen LogP contribution in [0.3, 0.4) is 0 Å². The van der Waals surface area contributed by atoms with Crippen molar-refractivity contribution in [2.75, 3.05) is 13.2 Å². The van der Waals surface area contributed by atoms with E-state index in [9.17, 15) is 19.8 Å². The van der Waals surface area contributed by atoms with Crippen LogP contribution in [0.1, 0.15) is 367 Å². The molecule has 432 valence electrons. The van der Waals surface area contributed by atoms with E-state index in [1.165, 1.54) is 295 Å². The summed E-state index contributed by atoms with van der Waals surface area (Å²) >= 11 is 0. The second kappa shape index (κ2) is 62.9. The highest BCUT2D eigenvalue weighted by Gasteiger charge is 2.18. The zero-order valence-electron chi connectivity index (χ0n) is 49.4. The van der Waals surface area contributed by atoms with Crippen LogP contribution in [0.15, 0.2) is 24.3 Å². The molecule has 0 aliphatic heterocycles. The molecule has 6 heteroatoms. The van der Waals surface area contributed by atoms with E-state index in [4.69, 9.17) is 4.74 Å². The third-order valence-electron chi connectivity index (χ3n) is 15.5. The number of hydrogen-bond acceptors (Lipinski definition) is 5. The van der Waals surface area contributed by atoms with Crippen molar-refractivity contribution in [3.63, 3.8) is 0 Å². The number of carbonyl (C=O) groups excluding carboxylic acids is 2. The number of amides is 1. The van der Waals surface area contributed by atoms with E-state index in [2.05, 4.69) is 31.3 Å². The van der Waals surface area contributed by atoms with Crippen LogP contribution in [0, 0.1) is 0 Å². The van der Waals surface area contributed by atoms with Crippen molar-refractivity contribution < 1.29 is 24.5 Å². The molecule has 0 saturated carbocycles. The molecule has 0 aliphatic rings. The van der Waals surface area contributed by atoms with Crippen LogP contribution < -0.4 is 5.32 Å². The van der Waals surface area contributed by atoms with E-state index in [1.807, 2.05) is 6.08 Å². The first kappa shape index (κ1) is 71.3. The zero-order chi connectivity index (χ0) is 52.9. The summed E-state index contributed by atoms with van der Waals surface area (Å²) in [4.78, 5) is 24.6. The molecule has 2 unspecified atom stereocenters. The number of aliphatic hydroxyl groups is 2. The Morgan fingerprint density at radius 2 is 0.644 bits per heavy atom. The Bertz CT molecular complexity index is 1140. The Morgan fingerprint density at radius 3 is 0.973 bits per heavy atom. The highest BCUT2D eigenvalue weighted by atomic mass is 16.5.